The molecule has 4 aromatic rings. The molecule has 0 unspecified atom stereocenters. The quantitative estimate of drug-likeness (QED) is 0.391. The second kappa shape index (κ2) is 9.75. The minimum absolute atomic E-state index is 0.140. The van der Waals surface area contributed by atoms with Gasteiger partial charge < -0.3 is 23.9 Å². The van der Waals surface area contributed by atoms with Crippen molar-refractivity contribution < 1.29 is 23.4 Å². The van der Waals surface area contributed by atoms with Crippen LogP contribution in [0.2, 0.25) is 0 Å². The molecule has 0 aliphatic rings. The number of methoxy groups -OCH3 is 3. The van der Waals surface area contributed by atoms with Crippen LogP contribution in [0.3, 0.4) is 0 Å². The predicted octanol–water partition coefficient (Wildman–Crippen LogP) is 4.35. The second-order valence-corrected chi connectivity index (χ2v) is 7.60. The number of amides is 1. The molecule has 2 heterocycles. The van der Waals surface area contributed by atoms with Crippen LogP contribution in [0.1, 0.15) is 15.9 Å². The first-order valence-corrected chi connectivity index (χ1v) is 10.6. The van der Waals surface area contributed by atoms with Gasteiger partial charge in [-0.1, -0.05) is 0 Å². The molecule has 0 saturated carbocycles. The standard InChI is InChI=1S/C24H22N4O5S/c1-13-10-14(23-27-21-17(33-23)6-5-9-25-21)7-8-16(13)26-24(34)28-22(29)15-11-18(30-2)20(32-4)19(12-15)31-3/h5-12H,1-4H3,(H2,26,28,29,34). The van der Waals surface area contributed by atoms with Crippen molar-refractivity contribution in [3.8, 4) is 28.7 Å². The molecule has 0 spiro atoms. The second-order valence-electron chi connectivity index (χ2n) is 7.20. The van der Waals surface area contributed by atoms with Crippen LogP contribution in [0, 0.1) is 6.92 Å². The molecule has 34 heavy (non-hydrogen) atoms. The van der Waals surface area contributed by atoms with E-state index >= 15 is 0 Å². The molecule has 2 aromatic carbocycles. The van der Waals surface area contributed by atoms with E-state index in [0.717, 1.165) is 16.8 Å². The minimum atomic E-state index is -0.426. The third-order valence-electron chi connectivity index (χ3n) is 5.04. The fraction of sp³-hybridized carbons (Fsp3) is 0.167. The maximum atomic E-state index is 12.8. The SMILES string of the molecule is COc1cc(C(=O)NC(=S)Nc2ccc(-c3nc4ncccc4o3)cc2C)cc(OC)c1OC. The summed E-state index contributed by atoms with van der Waals surface area (Å²) in [6.45, 7) is 1.91. The van der Waals surface area contributed by atoms with E-state index in [4.69, 9.17) is 30.8 Å². The number of hydrogen-bond acceptors (Lipinski definition) is 8. The van der Waals surface area contributed by atoms with E-state index in [1.54, 1.807) is 24.4 Å². The van der Waals surface area contributed by atoms with Gasteiger partial charge in [-0.3, -0.25) is 10.1 Å². The summed E-state index contributed by atoms with van der Waals surface area (Å²) < 4.78 is 21.7. The number of nitrogens with one attached hydrogen (secondary N) is 2. The zero-order valence-corrected chi connectivity index (χ0v) is 19.8. The molecule has 0 radical (unpaired) electrons. The molecule has 174 valence electrons. The number of aryl methyl sites for hydroxylation is 1. The lowest BCUT2D eigenvalue weighted by Crippen LogP contribution is -2.34. The van der Waals surface area contributed by atoms with E-state index in [1.165, 1.54) is 21.3 Å². The highest BCUT2D eigenvalue weighted by atomic mass is 32.1. The van der Waals surface area contributed by atoms with Crippen molar-refractivity contribution in [1.82, 2.24) is 15.3 Å². The number of pyridine rings is 1. The average molecular weight is 479 g/mol. The van der Waals surface area contributed by atoms with Gasteiger partial charge in [0.1, 0.15) is 0 Å². The fourth-order valence-corrected chi connectivity index (χ4v) is 3.57. The van der Waals surface area contributed by atoms with E-state index in [1.807, 2.05) is 31.2 Å². The minimum Gasteiger partial charge on any atom is -0.493 e. The number of aromatic nitrogens is 2. The Labute approximate surface area is 201 Å². The van der Waals surface area contributed by atoms with Crippen molar-refractivity contribution in [1.29, 1.82) is 0 Å². The summed E-state index contributed by atoms with van der Waals surface area (Å²) in [5, 5.41) is 5.85. The van der Waals surface area contributed by atoms with Gasteiger partial charge in [0, 0.05) is 23.0 Å². The molecule has 1 amide bonds. The third-order valence-corrected chi connectivity index (χ3v) is 5.24. The fourth-order valence-electron chi connectivity index (χ4n) is 3.37. The lowest BCUT2D eigenvalue weighted by molar-refractivity contribution is 0.0977. The molecule has 0 aliphatic heterocycles. The molecule has 0 saturated heterocycles. The molecule has 4 rings (SSSR count). The van der Waals surface area contributed by atoms with Crippen LogP contribution < -0.4 is 24.8 Å². The molecule has 0 atom stereocenters. The van der Waals surface area contributed by atoms with Gasteiger partial charge in [0.15, 0.2) is 27.8 Å². The molecule has 2 N–H and O–H groups in total. The van der Waals surface area contributed by atoms with Gasteiger partial charge in [0.05, 0.1) is 21.3 Å². The Morgan fingerprint density at radius 2 is 1.76 bits per heavy atom. The number of hydrogen-bond donors (Lipinski definition) is 2. The summed E-state index contributed by atoms with van der Waals surface area (Å²) in [6.07, 6.45) is 1.67. The van der Waals surface area contributed by atoms with Crippen LogP contribution in [0.25, 0.3) is 22.7 Å². The number of fused-ring (bicyclic) bond motifs is 1. The topological polar surface area (TPSA) is 108 Å². The van der Waals surface area contributed by atoms with Gasteiger partial charge in [0.2, 0.25) is 11.6 Å². The van der Waals surface area contributed by atoms with Crippen LogP contribution in [0.15, 0.2) is 53.1 Å². The number of oxazole rings is 1. The molecule has 0 bridgehead atoms. The lowest BCUT2D eigenvalue weighted by Gasteiger charge is -2.15. The van der Waals surface area contributed by atoms with E-state index in [2.05, 4.69) is 20.6 Å². The molecule has 2 aromatic heterocycles. The Morgan fingerprint density at radius 1 is 1.03 bits per heavy atom. The lowest BCUT2D eigenvalue weighted by atomic mass is 10.1. The molecular weight excluding hydrogens is 456 g/mol. The number of nitrogens with zero attached hydrogens (tertiary/aromatic N) is 2. The van der Waals surface area contributed by atoms with Gasteiger partial charge in [0.25, 0.3) is 5.91 Å². The Kier molecular flexibility index (Phi) is 6.60. The van der Waals surface area contributed by atoms with Crippen molar-refractivity contribution in [3.05, 3.63) is 59.8 Å². The normalized spacial score (nSPS) is 10.6. The van der Waals surface area contributed by atoms with Gasteiger partial charge in [-0.05, 0) is 67.2 Å². The van der Waals surface area contributed by atoms with Gasteiger partial charge in [-0.2, -0.15) is 4.98 Å². The molecular formula is C24H22N4O5S. The molecule has 0 fully saturated rings. The highest BCUT2D eigenvalue weighted by molar-refractivity contribution is 7.80. The van der Waals surface area contributed by atoms with Crippen molar-refractivity contribution >= 4 is 40.2 Å². The van der Waals surface area contributed by atoms with Crippen molar-refractivity contribution in [2.75, 3.05) is 26.6 Å². The van der Waals surface area contributed by atoms with Crippen LogP contribution in [0.5, 0.6) is 17.2 Å². The summed E-state index contributed by atoms with van der Waals surface area (Å²) in [6, 6.07) is 12.3. The number of benzene rings is 2. The highest BCUT2D eigenvalue weighted by Gasteiger charge is 2.18. The van der Waals surface area contributed by atoms with Gasteiger partial charge in [-0.15, -0.1) is 0 Å². The van der Waals surface area contributed by atoms with Crippen LogP contribution in [0.4, 0.5) is 5.69 Å². The van der Waals surface area contributed by atoms with Gasteiger partial charge in [-0.25, -0.2) is 4.98 Å². The van der Waals surface area contributed by atoms with E-state index in [0.29, 0.717) is 39.9 Å². The van der Waals surface area contributed by atoms with Crippen molar-refractivity contribution in [2.24, 2.45) is 0 Å². The monoisotopic (exact) mass is 478 g/mol. The number of thiocarbonyl (C=S) groups is 1. The first-order valence-electron chi connectivity index (χ1n) is 10.2. The predicted molar refractivity (Wildman–Crippen MR) is 132 cm³/mol. The largest absolute Gasteiger partial charge is 0.493 e. The van der Waals surface area contributed by atoms with E-state index in [9.17, 15) is 4.79 Å². The van der Waals surface area contributed by atoms with Gasteiger partial charge >= 0.3 is 0 Å². The maximum Gasteiger partial charge on any atom is 0.257 e. The van der Waals surface area contributed by atoms with Crippen LogP contribution in [-0.2, 0) is 0 Å². The maximum absolute atomic E-state index is 12.8. The van der Waals surface area contributed by atoms with E-state index < -0.39 is 5.91 Å². The van der Waals surface area contributed by atoms with Crippen molar-refractivity contribution in [2.45, 2.75) is 6.92 Å². The Bertz CT molecular complexity index is 1330. The molecule has 10 heteroatoms. The zero-order chi connectivity index (χ0) is 24.2. The number of carbonyl (C=O) groups is 1. The van der Waals surface area contributed by atoms with Crippen LogP contribution >= 0.6 is 12.2 Å². The number of carbonyl (C=O) groups excluding carboxylic acids is 1. The van der Waals surface area contributed by atoms with E-state index in [-0.39, 0.29) is 5.11 Å². The number of rotatable bonds is 6. The smallest absolute Gasteiger partial charge is 0.257 e. The molecule has 9 nitrogen and oxygen atoms in total. The average Bonchev–Trinajstić information content (AvgIpc) is 3.28. The van der Waals surface area contributed by atoms with Crippen LogP contribution in [-0.4, -0.2) is 42.3 Å². The first-order chi connectivity index (χ1) is 16.4. The zero-order valence-electron chi connectivity index (χ0n) is 19.0. The number of ether oxygens (including phenoxy) is 3. The summed E-state index contributed by atoms with van der Waals surface area (Å²) in [7, 11) is 4.46. The Morgan fingerprint density at radius 3 is 2.38 bits per heavy atom. The summed E-state index contributed by atoms with van der Waals surface area (Å²) in [4.78, 5) is 21.4. The highest BCUT2D eigenvalue weighted by Crippen LogP contribution is 2.38. The summed E-state index contributed by atoms with van der Waals surface area (Å²) in [5.41, 5.74) is 3.88. The first kappa shape index (κ1) is 23.0. The molecule has 0 aliphatic carbocycles. The third kappa shape index (κ3) is 4.62. The summed E-state index contributed by atoms with van der Waals surface area (Å²) in [5.74, 6) is 1.18. The Hall–Kier alpha value is -4.18. The summed E-state index contributed by atoms with van der Waals surface area (Å²) >= 11 is 5.34. The van der Waals surface area contributed by atoms with Crippen molar-refractivity contribution in [3.63, 3.8) is 0 Å². The number of anilines is 1. The Balaban J connectivity index is 1.48.